The first-order chi connectivity index (χ1) is 11.8. The summed E-state index contributed by atoms with van der Waals surface area (Å²) >= 11 is 0. The van der Waals surface area contributed by atoms with Crippen molar-refractivity contribution in [2.24, 2.45) is 0 Å². The lowest BCUT2D eigenvalue weighted by atomic mass is 10.2. The highest BCUT2D eigenvalue weighted by Gasteiger charge is 2.24. The maximum absolute atomic E-state index is 13.9. The number of furan rings is 1. The Hall–Kier alpha value is -2.55. The average molecular weight is 368 g/mol. The number of carboxylic acid groups (broad SMARTS) is 1. The van der Waals surface area contributed by atoms with E-state index >= 15 is 0 Å². The minimum absolute atomic E-state index is 0.0546. The monoisotopic (exact) mass is 368 g/mol. The Morgan fingerprint density at radius 2 is 1.92 bits per heavy atom. The molecule has 0 unspecified atom stereocenters. The molecule has 0 atom stereocenters. The van der Waals surface area contributed by atoms with Crippen molar-refractivity contribution < 1.29 is 27.1 Å². The van der Waals surface area contributed by atoms with E-state index < -0.39 is 27.6 Å². The van der Waals surface area contributed by atoms with Crippen LogP contribution in [0.15, 0.2) is 33.6 Å². The molecule has 2 aromatic rings. The van der Waals surface area contributed by atoms with Gasteiger partial charge in [0.05, 0.1) is 5.69 Å². The van der Waals surface area contributed by atoms with E-state index in [1.807, 2.05) is 4.90 Å². The Kier molecular flexibility index (Phi) is 4.42. The fourth-order valence-corrected chi connectivity index (χ4v) is 4.06. The maximum Gasteiger partial charge on any atom is 0.371 e. The zero-order chi connectivity index (χ0) is 18.2. The number of halogens is 1. The highest BCUT2D eigenvalue weighted by Crippen LogP contribution is 2.28. The average Bonchev–Trinajstić information content (AvgIpc) is 3.15. The molecule has 2 heterocycles. The van der Waals surface area contributed by atoms with Gasteiger partial charge >= 0.3 is 5.97 Å². The van der Waals surface area contributed by atoms with Gasteiger partial charge in [-0.1, -0.05) is 0 Å². The molecule has 1 aromatic carbocycles. The normalized spacial score (nSPS) is 14.7. The van der Waals surface area contributed by atoms with Crippen molar-refractivity contribution in [3.8, 4) is 0 Å². The van der Waals surface area contributed by atoms with E-state index in [1.165, 1.54) is 13.0 Å². The first kappa shape index (κ1) is 17.3. The van der Waals surface area contributed by atoms with Crippen LogP contribution < -0.4 is 9.62 Å². The second-order valence-corrected chi connectivity index (χ2v) is 7.48. The minimum atomic E-state index is -4.11. The minimum Gasteiger partial charge on any atom is -0.475 e. The van der Waals surface area contributed by atoms with E-state index in [9.17, 15) is 17.6 Å². The van der Waals surface area contributed by atoms with E-state index in [1.54, 1.807) is 6.07 Å². The van der Waals surface area contributed by atoms with Gasteiger partial charge in [0.1, 0.15) is 16.5 Å². The lowest BCUT2D eigenvalue weighted by molar-refractivity contribution is 0.0661. The van der Waals surface area contributed by atoms with Gasteiger partial charge in [0.25, 0.3) is 10.0 Å². The van der Waals surface area contributed by atoms with E-state index in [-0.39, 0.29) is 16.3 Å². The van der Waals surface area contributed by atoms with Crippen molar-refractivity contribution in [1.29, 1.82) is 0 Å². The number of anilines is 2. The van der Waals surface area contributed by atoms with E-state index in [0.717, 1.165) is 38.1 Å². The topological polar surface area (TPSA) is 99.8 Å². The number of hydrogen-bond donors (Lipinski definition) is 2. The molecule has 0 saturated carbocycles. The fourth-order valence-electron chi connectivity index (χ4n) is 2.84. The Morgan fingerprint density at radius 1 is 1.24 bits per heavy atom. The van der Waals surface area contributed by atoms with Gasteiger partial charge in [-0.2, -0.15) is 0 Å². The molecule has 0 amide bonds. The summed E-state index contributed by atoms with van der Waals surface area (Å²) in [6.45, 7) is 2.93. The van der Waals surface area contributed by atoms with Crippen molar-refractivity contribution >= 4 is 27.4 Å². The van der Waals surface area contributed by atoms with Crippen LogP contribution in [0.4, 0.5) is 15.8 Å². The summed E-state index contributed by atoms with van der Waals surface area (Å²) < 4.78 is 46.1. The number of nitrogens with zero attached hydrogens (tertiary/aromatic N) is 1. The molecule has 1 saturated heterocycles. The molecule has 25 heavy (non-hydrogen) atoms. The van der Waals surface area contributed by atoms with Crippen LogP contribution in [-0.4, -0.2) is 32.6 Å². The predicted octanol–water partition coefficient (Wildman–Crippen LogP) is 2.83. The molecule has 9 heteroatoms. The largest absolute Gasteiger partial charge is 0.475 e. The zero-order valence-electron chi connectivity index (χ0n) is 13.5. The number of sulfonamides is 1. The number of rotatable bonds is 5. The van der Waals surface area contributed by atoms with Gasteiger partial charge in [-0.05, 0) is 38.0 Å². The number of aryl methyl sites for hydroxylation is 1. The number of aromatic carboxylic acids is 1. The second-order valence-electron chi connectivity index (χ2n) is 5.83. The van der Waals surface area contributed by atoms with Crippen molar-refractivity contribution in [3.05, 3.63) is 41.6 Å². The molecule has 7 nitrogen and oxygen atoms in total. The maximum atomic E-state index is 13.9. The van der Waals surface area contributed by atoms with Crippen LogP contribution in [0.2, 0.25) is 0 Å². The molecule has 0 spiro atoms. The first-order valence-electron chi connectivity index (χ1n) is 7.68. The Balaban J connectivity index is 1.91. The van der Waals surface area contributed by atoms with Crippen LogP contribution >= 0.6 is 0 Å². The third-order valence-electron chi connectivity index (χ3n) is 3.98. The standard InChI is InChI=1S/C16H17FN2O5S/c1-10-15(9-14(24-10)16(20)21)25(22,23)18-12-6-11(17)7-13(8-12)19-4-2-3-5-19/h6-9,18H,2-5H2,1H3,(H,20,21). The van der Waals surface area contributed by atoms with Crippen molar-refractivity contribution in [1.82, 2.24) is 0 Å². The van der Waals surface area contributed by atoms with Crippen LogP contribution in [0.5, 0.6) is 0 Å². The first-order valence-corrected chi connectivity index (χ1v) is 9.17. The predicted molar refractivity (Wildman–Crippen MR) is 89.1 cm³/mol. The Bertz CT molecular complexity index is 917. The molecule has 134 valence electrons. The number of benzene rings is 1. The number of nitrogens with one attached hydrogen (secondary N) is 1. The molecule has 0 aliphatic carbocycles. The summed E-state index contributed by atoms with van der Waals surface area (Å²) in [5.41, 5.74) is 0.671. The molecular formula is C16H17FN2O5S. The number of hydrogen-bond acceptors (Lipinski definition) is 5. The van der Waals surface area contributed by atoms with Gasteiger partial charge in [0.15, 0.2) is 0 Å². The third-order valence-corrected chi connectivity index (χ3v) is 5.47. The van der Waals surface area contributed by atoms with E-state index in [0.29, 0.717) is 5.69 Å². The molecular weight excluding hydrogens is 351 g/mol. The lowest BCUT2D eigenvalue weighted by Gasteiger charge is -2.19. The molecule has 0 bridgehead atoms. The van der Waals surface area contributed by atoms with Crippen LogP contribution in [0.25, 0.3) is 0 Å². The van der Waals surface area contributed by atoms with Gasteiger partial charge in [0.2, 0.25) is 5.76 Å². The van der Waals surface area contributed by atoms with Gasteiger partial charge in [-0.15, -0.1) is 0 Å². The highest BCUT2D eigenvalue weighted by atomic mass is 32.2. The summed E-state index contributed by atoms with van der Waals surface area (Å²) in [6.07, 6.45) is 2.01. The summed E-state index contributed by atoms with van der Waals surface area (Å²) in [5, 5.41) is 8.91. The smallest absolute Gasteiger partial charge is 0.371 e. The molecule has 1 aromatic heterocycles. The summed E-state index contributed by atoms with van der Waals surface area (Å²) in [5.74, 6) is -2.46. The molecule has 3 rings (SSSR count). The summed E-state index contributed by atoms with van der Waals surface area (Å²) in [7, 11) is -4.11. The van der Waals surface area contributed by atoms with Crippen LogP contribution in [0, 0.1) is 12.7 Å². The third kappa shape index (κ3) is 3.60. The molecule has 1 fully saturated rings. The van der Waals surface area contributed by atoms with Crippen LogP contribution in [0.3, 0.4) is 0 Å². The van der Waals surface area contributed by atoms with Gasteiger partial charge in [-0.3, -0.25) is 4.72 Å². The van der Waals surface area contributed by atoms with Crippen LogP contribution in [0.1, 0.15) is 29.2 Å². The number of carboxylic acids is 1. The summed E-state index contributed by atoms with van der Waals surface area (Å²) in [4.78, 5) is 12.6. The molecule has 0 radical (unpaired) electrons. The van der Waals surface area contributed by atoms with Gasteiger partial charge in [-0.25, -0.2) is 17.6 Å². The van der Waals surface area contributed by atoms with Gasteiger partial charge < -0.3 is 14.4 Å². The van der Waals surface area contributed by atoms with Crippen molar-refractivity contribution in [2.45, 2.75) is 24.7 Å². The quantitative estimate of drug-likeness (QED) is 0.842. The lowest BCUT2D eigenvalue weighted by Crippen LogP contribution is -2.19. The van der Waals surface area contributed by atoms with Crippen molar-refractivity contribution in [2.75, 3.05) is 22.7 Å². The van der Waals surface area contributed by atoms with Gasteiger partial charge in [0, 0.05) is 24.8 Å². The van der Waals surface area contributed by atoms with Crippen molar-refractivity contribution in [3.63, 3.8) is 0 Å². The van der Waals surface area contributed by atoms with E-state index in [2.05, 4.69) is 4.72 Å². The zero-order valence-corrected chi connectivity index (χ0v) is 14.3. The summed E-state index contributed by atoms with van der Waals surface area (Å²) in [6, 6.07) is 4.92. The highest BCUT2D eigenvalue weighted by molar-refractivity contribution is 7.92. The SMILES string of the molecule is Cc1oc(C(=O)O)cc1S(=O)(=O)Nc1cc(F)cc(N2CCCC2)c1. The van der Waals surface area contributed by atoms with E-state index in [4.69, 9.17) is 9.52 Å². The Labute approximate surface area is 144 Å². The number of carbonyl (C=O) groups is 1. The fraction of sp³-hybridized carbons (Fsp3) is 0.312. The Morgan fingerprint density at radius 3 is 2.52 bits per heavy atom. The molecule has 1 aliphatic rings. The second kappa shape index (κ2) is 6.40. The van der Waals surface area contributed by atoms with Crippen LogP contribution in [-0.2, 0) is 10.0 Å². The molecule has 1 aliphatic heterocycles. The molecule has 2 N–H and O–H groups in total.